The van der Waals surface area contributed by atoms with Crippen molar-refractivity contribution in [1.29, 1.82) is 0 Å². The number of aromatic hydroxyl groups is 1. The highest BCUT2D eigenvalue weighted by atomic mass is 16.5. The normalized spacial score (nSPS) is 18.3. The van der Waals surface area contributed by atoms with E-state index in [4.69, 9.17) is 4.74 Å². The molecule has 1 aliphatic rings. The van der Waals surface area contributed by atoms with E-state index in [1.807, 2.05) is 45.0 Å². The molecule has 1 aromatic heterocycles. The standard InChI is InChI=1S/C29H37N3O3/c1-6-35-27-16-20(8-14-26(27)33)19-7-13-25-23(15-19)28(24(17-30-25)29(34)18(2)3)31-21-9-11-22(12-10-21)32(4)5/h7-8,13-18,21-22,33H,6,9-12H2,1-5H3,(H,30,31). The first kappa shape index (κ1) is 25.0. The summed E-state index contributed by atoms with van der Waals surface area (Å²) >= 11 is 0. The fourth-order valence-electron chi connectivity index (χ4n) is 4.93. The molecular weight excluding hydrogens is 438 g/mol. The van der Waals surface area contributed by atoms with Gasteiger partial charge in [0.15, 0.2) is 17.3 Å². The summed E-state index contributed by atoms with van der Waals surface area (Å²) in [6, 6.07) is 12.4. The molecule has 2 aromatic carbocycles. The van der Waals surface area contributed by atoms with Gasteiger partial charge in [0.05, 0.1) is 23.4 Å². The molecule has 0 spiro atoms. The Kier molecular flexibility index (Phi) is 7.60. The first-order valence-electron chi connectivity index (χ1n) is 12.6. The molecule has 3 aromatic rings. The molecule has 0 bridgehead atoms. The van der Waals surface area contributed by atoms with Gasteiger partial charge in [-0.2, -0.15) is 0 Å². The van der Waals surface area contributed by atoms with Crippen LogP contribution in [0.25, 0.3) is 22.0 Å². The van der Waals surface area contributed by atoms with Crippen molar-refractivity contribution in [2.24, 2.45) is 5.92 Å². The molecule has 1 heterocycles. The lowest BCUT2D eigenvalue weighted by Crippen LogP contribution is -2.36. The van der Waals surface area contributed by atoms with E-state index in [1.54, 1.807) is 12.3 Å². The molecule has 1 fully saturated rings. The number of ether oxygens (including phenoxy) is 1. The van der Waals surface area contributed by atoms with E-state index in [1.165, 1.54) is 0 Å². The number of aromatic nitrogens is 1. The van der Waals surface area contributed by atoms with Gasteiger partial charge < -0.3 is 20.1 Å². The number of phenolic OH excluding ortho intramolecular Hbond substituents is 1. The van der Waals surface area contributed by atoms with E-state index in [2.05, 4.69) is 35.4 Å². The van der Waals surface area contributed by atoms with E-state index in [-0.39, 0.29) is 17.5 Å². The van der Waals surface area contributed by atoms with Crippen LogP contribution >= 0.6 is 0 Å². The van der Waals surface area contributed by atoms with Crippen LogP contribution in [0.3, 0.4) is 0 Å². The molecule has 0 radical (unpaired) electrons. The molecule has 0 unspecified atom stereocenters. The Bertz CT molecular complexity index is 1200. The zero-order chi connectivity index (χ0) is 25.1. The molecule has 35 heavy (non-hydrogen) atoms. The summed E-state index contributed by atoms with van der Waals surface area (Å²) in [5.74, 6) is 0.562. The third-order valence-electron chi connectivity index (χ3n) is 7.03. The number of anilines is 1. The lowest BCUT2D eigenvalue weighted by Gasteiger charge is -2.34. The highest BCUT2D eigenvalue weighted by Gasteiger charge is 2.25. The number of carbonyl (C=O) groups excluding carboxylic acids is 1. The minimum absolute atomic E-state index is 0.0950. The lowest BCUT2D eigenvalue weighted by atomic mass is 9.89. The van der Waals surface area contributed by atoms with Crippen molar-refractivity contribution >= 4 is 22.4 Å². The molecule has 0 atom stereocenters. The van der Waals surface area contributed by atoms with Crippen molar-refractivity contribution in [3.8, 4) is 22.6 Å². The van der Waals surface area contributed by atoms with Gasteiger partial charge in [-0.15, -0.1) is 0 Å². The topological polar surface area (TPSA) is 74.7 Å². The molecule has 4 rings (SSSR count). The first-order valence-corrected chi connectivity index (χ1v) is 12.6. The van der Waals surface area contributed by atoms with Crippen LogP contribution in [0, 0.1) is 5.92 Å². The fraction of sp³-hybridized carbons (Fsp3) is 0.448. The van der Waals surface area contributed by atoms with Gasteiger partial charge in [0, 0.05) is 29.6 Å². The quantitative estimate of drug-likeness (QED) is 0.382. The number of ketones is 1. The SMILES string of the molecule is CCOc1cc(-c2ccc3ncc(C(=O)C(C)C)c(NC4CCC(N(C)C)CC4)c3c2)ccc1O. The van der Waals surface area contributed by atoms with Crippen LogP contribution in [0.15, 0.2) is 42.6 Å². The van der Waals surface area contributed by atoms with Crippen molar-refractivity contribution in [3.05, 3.63) is 48.2 Å². The summed E-state index contributed by atoms with van der Waals surface area (Å²) in [5.41, 5.74) is 4.30. The Morgan fingerprint density at radius 1 is 1.11 bits per heavy atom. The second kappa shape index (κ2) is 10.6. The largest absolute Gasteiger partial charge is 0.504 e. The van der Waals surface area contributed by atoms with Gasteiger partial charge in [-0.25, -0.2) is 0 Å². The molecule has 0 saturated heterocycles. The molecule has 6 heteroatoms. The van der Waals surface area contributed by atoms with Crippen LogP contribution in [0.5, 0.6) is 11.5 Å². The summed E-state index contributed by atoms with van der Waals surface area (Å²) < 4.78 is 5.59. The molecule has 186 valence electrons. The molecule has 0 aliphatic heterocycles. The predicted molar refractivity (Wildman–Crippen MR) is 143 cm³/mol. The molecule has 1 saturated carbocycles. The monoisotopic (exact) mass is 475 g/mol. The Labute approximate surface area is 208 Å². The third kappa shape index (κ3) is 5.43. The Hall–Kier alpha value is -3.12. The van der Waals surface area contributed by atoms with Crippen molar-refractivity contribution in [2.45, 2.75) is 58.5 Å². The highest BCUT2D eigenvalue weighted by molar-refractivity contribution is 6.09. The van der Waals surface area contributed by atoms with Crippen LogP contribution in [-0.2, 0) is 0 Å². The first-order chi connectivity index (χ1) is 16.8. The van der Waals surface area contributed by atoms with Crippen LogP contribution in [-0.4, -0.2) is 53.6 Å². The Balaban J connectivity index is 1.77. The number of nitrogens with zero attached hydrogens (tertiary/aromatic N) is 2. The van der Waals surface area contributed by atoms with Gasteiger partial charge in [-0.1, -0.05) is 26.0 Å². The van der Waals surface area contributed by atoms with Crippen molar-refractivity contribution in [2.75, 3.05) is 26.0 Å². The number of phenols is 1. The summed E-state index contributed by atoms with van der Waals surface area (Å²) in [5, 5.41) is 14.8. The number of carbonyl (C=O) groups is 1. The number of Topliss-reactive ketones (excluding diaryl/α,β-unsaturated/α-hetero) is 1. The van der Waals surface area contributed by atoms with Gasteiger partial charge in [0.2, 0.25) is 0 Å². The third-order valence-corrected chi connectivity index (χ3v) is 7.03. The second-order valence-electron chi connectivity index (χ2n) is 10.0. The van der Waals surface area contributed by atoms with Crippen LogP contribution < -0.4 is 10.1 Å². The number of benzene rings is 2. The molecule has 1 aliphatic carbocycles. The van der Waals surface area contributed by atoms with E-state index in [0.717, 1.165) is 53.4 Å². The maximum atomic E-state index is 13.2. The zero-order valence-electron chi connectivity index (χ0n) is 21.5. The fourth-order valence-corrected chi connectivity index (χ4v) is 4.93. The van der Waals surface area contributed by atoms with Gasteiger partial charge in [0.25, 0.3) is 0 Å². The van der Waals surface area contributed by atoms with Crippen molar-refractivity contribution in [1.82, 2.24) is 9.88 Å². The number of hydrogen-bond donors (Lipinski definition) is 2. The predicted octanol–water partition coefficient (Wildman–Crippen LogP) is 6.13. The van der Waals surface area contributed by atoms with Gasteiger partial charge in [-0.05, 0) is 82.1 Å². The van der Waals surface area contributed by atoms with Crippen molar-refractivity contribution < 1.29 is 14.6 Å². The van der Waals surface area contributed by atoms with E-state index < -0.39 is 0 Å². The van der Waals surface area contributed by atoms with E-state index in [9.17, 15) is 9.90 Å². The second-order valence-corrected chi connectivity index (χ2v) is 10.0. The molecular formula is C29H37N3O3. The minimum Gasteiger partial charge on any atom is -0.504 e. The lowest BCUT2D eigenvalue weighted by molar-refractivity contribution is 0.0940. The van der Waals surface area contributed by atoms with Gasteiger partial charge in [-0.3, -0.25) is 9.78 Å². The summed E-state index contributed by atoms with van der Waals surface area (Å²) in [7, 11) is 4.30. The van der Waals surface area contributed by atoms with Gasteiger partial charge in [0.1, 0.15) is 0 Å². The number of hydrogen-bond acceptors (Lipinski definition) is 6. The van der Waals surface area contributed by atoms with E-state index >= 15 is 0 Å². The number of fused-ring (bicyclic) bond motifs is 1. The van der Waals surface area contributed by atoms with Crippen LogP contribution in [0.4, 0.5) is 5.69 Å². The highest BCUT2D eigenvalue weighted by Crippen LogP contribution is 2.36. The van der Waals surface area contributed by atoms with Crippen LogP contribution in [0.2, 0.25) is 0 Å². The maximum absolute atomic E-state index is 13.2. The molecule has 2 N–H and O–H groups in total. The van der Waals surface area contributed by atoms with E-state index in [0.29, 0.717) is 30.0 Å². The van der Waals surface area contributed by atoms with Gasteiger partial charge >= 0.3 is 0 Å². The number of rotatable bonds is 8. The zero-order valence-corrected chi connectivity index (χ0v) is 21.5. The minimum atomic E-state index is -0.117. The smallest absolute Gasteiger partial charge is 0.169 e. The molecule has 0 amide bonds. The van der Waals surface area contributed by atoms with Crippen LogP contribution in [0.1, 0.15) is 56.8 Å². The summed E-state index contributed by atoms with van der Waals surface area (Å²) in [6.07, 6.45) is 6.14. The Morgan fingerprint density at radius 2 is 1.80 bits per heavy atom. The Morgan fingerprint density at radius 3 is 2.46 bits per heavy atom. The van der Waals surface area contributed by atoms with Crippen molar-refractivity contribution in [3.63, 3.8) is 0 Å². The average molecular weight is 476 g/mol. The summed E-state index contributed by atoms with van der Waals surface area (Å²) in [6.45, 7) is 6.23. The number of pyridine rings is 1. The average Bonchev–Trinajstić information content (AvgIpc) is 2.85. The number of nitrogens with one attached hydrogen (secondary N) is 1. The molecule has 6 nitrogen and oxygen atoms in total. The summed E-state index contributed by atoms with van der Waals surface area (Å²) in [4.78, 5) is 20.1. The maximum Gasteiger partial charge on any atom is 0.169 e.